The van der Waals surface area contributed by atoms with Crippen LogP contribution in [-0.4, -0.2) is 17.8 Å². The van der Waals surface area contributed by atoms with Crippen molar-refractivity contribution in [1.29, 1.82) is 0 Å². The van der Waals surface area contributed by atoms with Crippen LogP contribution in [0.5, 0.6) is 5.75 Å². The van der Waals surface area contributed by atoms with Crippen LogP contribution in [0, 0.1) is 0 Å². The van der Waals surface area contributed by atoms with Crippen LogP contribution in [0.4, 0.5) is 13.2 Å². The van der Waals surface area contributed by atoms with Crippen molar-refractivity contribution in [3.8, 4) is 5.75 Å². The maximum atomic E-state index is 12.2. The van der Waals surface area contributed by atoms with Crippen molar-refractivity contribution in [2.75, 3.05) is 6.61 Å². The summed E-state index contributed by atoms with van der Waals surface area (Å²) in [5, 5.41) is 3.26. The maximum absolute atomic E-state index is 12.2. The molecule has 1 N–H and O–H groups in total. The number of hydrogen-bond donors (Lipinski definition) is 1. The van der Waals surface area contributed by atoms with E-state index in [9.17, 15) is 13.2 Å². The molecular formula is C21H23F3N2O. The molecule has 0 radical (unpaired) electrons. The summed E-state index contributed by atoms with van der Waals surface area (Å²) >= 11 is 0. The molecule has 144 valence electrons. The molecule has 0 aliphatic heterocycles. The summed E-state index contributed by atoms with van der Waals surface area (Å²) in [6, 6.07) is 11.1. The molecule has 0 fully saturated rings. The zero-order chi connectivity index (χ0) is 20.0. The monoisotopic (exact) mass is 376 g/mol. The Hall–Kier alpha value is -2.76. The molecule has 0 spiro atoms. The van der Waals surface area contributed by atoms with Crippen molar-refractivity contribution in [3.05, 3.63) is 78.3 Å². The first-order valence-electron chi connectivity index (χ1n) is 8.48. The van der Waals surface area contributed by atoms with E-state index in [1.807, 2.05) is 38.1 Å². The van der Waals surface area contributed by atoms with Crippen molar-refractivity contribution in [2.45, 2.75) is 32.5 Å². The summed E-state index contributed by atoms with van der Waals surface area (Å²) < 4.78 is 41.1. The lowest BCUT2D eigenvalue weighted by Gasteiger charge is -2.17. The second kappa shape index (κ2) is 8.75. The molecule has 1 aromatic carbocycles. The third kappa shape index (κ3) is 6.81. The van der Waals surface area contributed by atoms with Gasteiger partial charge < -0.3 is 10.1 Å². The zero-order valence-electron chi connectivity index (χ0n) is 15.4. The Kier molecular flexibility index (Phi) is 6.66. The Bertz CT molecular complexity index is 781. The highest BCUT2D eigenvalue weighted by molar-refractivity contribution is 5.61. The molecule has 2 rings (SSSR count). The number of nitrogens with zero attached hydrogens (tertiary/aromatic N) is 1. The Balaban J connectivity index is 1.89. The molecule has 1 heterocycles. The molecule has 1 aromatic heterocycles. The summed E-state index contributed by atoms with van der Waals surface area (Å²) in [6.07, 6.45) is -2.42. The molecular weight excluding hydrogens is 353 g/mol. The highest BCUT2D eigenvalue weighted by Crippen LogP contribution is 2.20. The third-order valence-electron chi connectivity index (χ3n) is 3.89. The topological polar surface area (TPSA) is 34.1 Å². The molecule has 0 aliphatic rings. The Morgan fingerprint density at radius 3 is 2.33 bits per heavy atom. The van der Waals surface area contributed by atoms with Crippen LogP contribution in [0.2, 0.25) is 0 Å². The molecule has 0 saturated heterocycles. The maximum Gasteiger partial charge on any atom is 0.422 e. The number of nitrogens with one attached hydrogen (secondary N) is 1. The summed E-state index contributed by atoms with van der Waals surface area (Å²) in [5.74, 6) is 0.0831. The first kappa shape index (κ1) is 20.6. The van der Waals surface area contributed by atoms with Gasteiger partial charge in [-0.05, 0) is 37.1 Å². The normalized spacial score (nSPS) is 12.3. The number of hydrogen-bond acceptors (Lipinski definition) is 3. The minimum absolute atomic E-state index is 0.0831. The van der Waals surface area contributed by atoms with Crippen LogP contribution in [0.25, 0.3) is 5.57 Å². The molecule has 0 bridgehead atoms. The Morgan fingerprint density at radius 1 is 1.15 bits per heavy atom. The number of allylic oxidation sites excluding steroid dienone is 2. The minimum Gasteiger partial charge on any atom is -0.483 e. The van der Waals surface area contributed by atoms with E-state index in [0.29, 0.717) is 12.1 Å². The van der Waals surface area contributed by atoms with Gasteiger partial charge in [0.15, 0.2) is 6.61 Å². The van der Waals surface area contributed by atoms with Gasteiger partial charge in [0.05, 0.1) is 17.9 Å². The lowest BCUT2D eigenvalue weighted by molar-refractivity contribution is -0.153. The summed E-state index contributed by atoms with van der Waals surface area (Å²) in [4.78, 5) is 4.16. The van der Waals surface area contributed by atoms with Gasteiger partial charge in [-0.15, -0.1) is 0 Å². The van der Waals surface area contributed by atoms with Crippen molar-refractivity contribution in [3.63, 3.8) is 0 Å². The van der Waals surface area contributed by atoms with Crippen molar-refractivity contribution in [2.24, 2.45) is 0 Å². The van der Waals surface area contributed by atoms with Gasteiger partial charge in [0, 0.05) is 12.1 Å². The molecule has 0 unspecified atom stereocenters. The van der Waals surface area contributed by atoms with Crippen LogP contribution in [0.3, 0.4) is 0 Å². The lowest BCUT2D eigenvalue weighted by Crippen LogP contribution is -2.20. The minimum atomic E-state index is -4.37. The van der Waals surface area contributed by atoms with Crippen LogP contribution < -0.4 is 10.1 Å². The van der Waals surface area contributed by atoms with Crippen molar-refractivity contribution >= 4 is 5.57 Å². The van der Waals surface area contributed by atoms with Crippen LogP contribution in [0.1, 0.15) is 36.7 Å². The van der Waals surface area contributed by atoms with Crippen LogP contribution in [-0.2, 0) is 6.42 Å². The van der Waals surface area contributed by atoms with Gasteiger partial charge in [-0.25, -0.2) is 0 Å². The highest BCUT2D eigenvalue weighted by Gasteiger charge is 2.28. The van der Waals surface area contributed by atoms with E-state index in [-0.39, 0.29) is 11.8 Å². The van der Waals surface area contributed by atoms with Crippen LogP contribution in [0.15, 0.2) is 61.4 Å². The molecule has 0 aliphatic carbocycles. The predicted molar refractivity (Wildman–Crippen MR) is 101 cm³/mol. The molecule has 1 atom stereocenters. The molecule has 6 heteroatoms. The highest BCUT2D eigenvalue weighted by atomic mass is 19.4. The summed E-state index contributed by atoms with van der Waals surface area (Å²) in [6.45, 7) is 10.5. The number of aromatic nitrogens is 1. The SMILES string of the molecule is C=C(Cc1ccc(C(=C)C)cc1)N[C@H](C)c1ccc(OCC(F)(F)F)cn1. The average Bonchev–Trinajstić information content (AvgIpc) is 2.60. The second-order valence-corrected chi connectivity index (χ2v) is 6.45. The molecule has 0 amide bonds. The largest absolute Gasteiger partial charge is 0.483 e. The van der Waals surface area contributed by atoms with Gasteiger partial charge in [-0.2, -0.15) is 13.2 Å². The number of alkyl halides is 3. The van der Waals surface area contributed by atoms with E-state index in [0.717, 1.165) is 22.4 Å². The standard InChI is InChI=1S/C21H23F3N2O/c1-14(2)18-7-5-17(6-8-18)11-15(3)26-16(4)20-10-9-19(12-25-20)27-13-21(22,23)24/h5-10,12,16,26H,1,3,11,13H2,2,4H3/t16-/m1/s1. The van der Waals surface area contributed by atoms with Gasteiger partial charge in [0.2, 0.25) is 0 Å². The Morgan fingerprint density at radius 2 is 1.81 bits per heavy atom. The zero-order valence-corrected chi connectivity index (χ0v) is 15.4. The van der Waals surface area contributed by atoms with E-state index in [1.165, 1.54) is 12.3 Å². The summed E-state index contributed by atoms with van der Waals surface area (Å²) in [5.41, 5.74) is 4.75. The lowest BCUT2D eigenvalue weighted by atomic mass is 10.0. The van der Waals surface area contributed by atoms with Gasteiger partial charge in [0.25, 0.3) is 0 Å². The van der Waals surface area contributed by atoms with Gasteiger partial charge in [0.1, 0.15) is 5.75 Å². The van der Waals surface area contributed by atoms with Gasteiger partial charge in [-0.3, -0.25) is 4.98 Å². The van der Waals surface area contributed by atoms with Gasteiger partial charge in [-0.1, -0.05) is 43.0 Å². The van der Waals surface area contributed by atoms with Gasteiger partial charge >= 0.3 is 6.18 Å². The van der Waals surface area contributed by atoms with E-state index >= 15 is 0 Å². The molecule has 2 aromatic rings. The molecule has 3 nitrogen and oxygen atoms in total. The molecule has 27 heavy (non-hydrogen) atoms. The quantitative estimate of drug-likeness (QED) is 0.664. The fourth-order valence-corrected chi connectivity index (χ4v) is 2.48. The average molecular weight is 376 g/mol. The number of benzene rings is 1. The first-order chi connectivity index (χ1) is 12.6. The van der Waals surface area contributed by atoms with E-state index in [4.69, 9.17) is 0 Å². The van der Waals surface area contributed by atoms with E-state index in [2.05, 4.69) is 28.2 Å². The first-order valence-corrected chi connectivity index (χ1v) is 8.48. The summed E-state index contributed by atoms with van der Waals surface area (Å²) in [7, 11) is 0. The Labute approximate surface area is 157 Å². The van der Waals surface area contributed by atoms with E-state index in [1.54, 1.807) is 6.07 Å². The fraction of sp³-hybridized carbons (Fsp3) is 0.286. The number of pyridine rings is 1. The fourth-order valence-electron chi connectivity index (χ4n) is 2.48. The van der Waals surface area contributed by atoms with E-state index < -0.39 is 12.8 Å². The number of ether oxygens (including phenoxy) is 1. The van der Waals surface area contributed by atoms with Crippen LogP contribution >= 0.6 is 0 Å². The van der Waals surface area contributed by atoms with Crippen molar-refractivity contribution in [1.82, 2.24) is 10.3 Å². The second-order valence-electron chi connectivity index (χ2n) is 6.45. The number of rotatable bonds is 8. The van der Waals surface area contributed by atoms with Crippen molar-refractivity contribution < 1.29 is 17.9 Å². The predicted octanol–water partition coefficient (Wildman–Crippen LogP) is 5.46. The smallest absolute Gasteiger partial charge is 0.422 e. The molecule has 0 saturated carbocycles. The number of halogens is 3. The third-order valence-corrected chi connectivity index (χ3v) is 3.89.